The summed E-state index contributed by atoms with van der Waals surface area (Å²) < 4.78 is 11.6. The lowest BCUT2D eigenvalue weighted by molar-refractivity contribution is -0.0215. The molecule has 0 N–H and O–H groups in total. The van der Waals surface area contributed by atoms with Crippen molar-refractivity contribution in [3.63, 3.8) is 0 Å². The van der Waals surface area contributed by atoms with E-state index in [1.165, 1.54) is 82.1 Å². The molecule has 1 unspecified atom stereocenters. The van der Waals surface area contributed by atoms with Gasteiger partial charge < -0.3 is 19.3 Å². The first-order valence-corrected chi connectivity index (χ1v) is 13.8. The zero-order chi connectivity index (χ0) is 24.1. The van der Waals surface area contributed by atoms with Gasteiger partial charge in [0.05, 0.1) is 12.7 Å². The van der Waals surface area contributed by atoms with E-state index in [-0.39, 0.29) is 6.10 Å². The van der Waals surface area contributed by atoms with Crippen molar-refractivity contribution < 1.29 is 9.47 Å². The van der Waals surface area contributed by atoms with Crippen LogP contribution in [-0.4, -0.2) is 62.3 Å². The first kappa shape index (κ1) is 25.6. The van der Waals surface area contributed by atoms with Gasteiger partial charge in [-0.1, -0.05) is 25.8 Å². The van der Waals surface area contributed by atoms with Crippen LogP contribution in [0, 0.1) is 24.2 Å². The Morgan fingerprint density at radius 2 is 1.85 bits per heavy atom. The molecule has 2 heterocycles. The number of hydrogen-bond donors (Lipinski definition) is 0. The molecular formula is C30H48N2O2. The smallest absolute Gasteiger partial charge is 0.122 e. The fraction of sp³-hybridized carbons (Fsp3) is 0.733. The van der Waals surface area contributed by atoms with Crippen LogP contribution in [0.4, 0.5) is 0 Å². The highest BCUT2D eigenvalue weighted by atomic mass is 16.5. The number of rotatable bonds is 8. The molecule has 2 aliphatic heterocycles. The van der Waals surface area contributed by atoms with Crippen molar-refractivity contribution in [3.8, 4) is 5.75 Å². The molecular weight excluding hydrogens is 420 g/mol. The second-order valence-electron chi connectivity index (χ2n) is 11.8. The van der Waals surface area contributed by atoms with Crippen molar-refractivity contribution in [3.05, 3.63) is 35.9 Å². The first-order chi connectivity index (χ1) is 16.4. The van der Waals surface area contributed by atoms with Crippen molar-refractivity contribution in [1.82, 2.24) is 9.80 Å². The summed E-state index contributed by atoms with van der Waals surface area (Å²) in [5.74, 6) is 2.57. The lowest BCUT2D eigenvalue weighted by Gasteiger charge is -2.51. The average Bonchev–Trinajstić information content (AvgIpc) is 2.81. The Morgan fingerprint density at radius 3 is 2.50 bits per heavy atom. The second kappa shape index (κ2) is 11.5. The summed E-state index contributed by atoms with van der Waals surface area (Å²) in [6, 6.07) is 6.53. The third-order valence-corrected chi connectivity index (χ3v) is 8.52. The maximum Gasteiger partial charge on any atom is 0.122 e. The van der Waals surface area contributed by atoms with Gasteiger partial charge in [-0.05, 0) is 99.5 Å². The lowest BCUT2D eigenvalue weighted by atomic mass is 9.69. The van der Waals surface area contributed by atoms with E-state index in [1.54, 1.807) is 0 Å². The molecule has 4 nitrogen and oxygen atoms in total. The summed E-state index contributed by atoms with van der Waals surface area (Å²) >= 11 is 0. The standard InChI is InChI=1S/C30H48N2O2/c1-23(2)34-29-12-11-28(17-24(29)3)25(4)32-15-13-30(14-16-32)18-27(21-33-5)20-31(22-30)19-26-9-7-6-8-10-26/h11-12,17,23,26-27H,4,6-10,13-16,18-22H2,1-3,5H3. The number of piperidine rings is 2. The Labute approximate surface area is 208 Å². The van der Waals surface area contributed by atoms with E-state index in [0.717, 1.165) is 37.1 Å². The molecule has 2 saturated heterocycles. The summed E-state index contributed by atoms with van der Waals surface area (Å²) in [4.78, 5) is 5.35. The van der Waals surface area contributed by atoms with Gasteiger partial charge in [-0.15, -0.1) is 0 Å². The first-order valence-electron chi connectivity index (χ1n) is 13.8. The van der Waals surface area contributed by atoms with Crippen LogP contribution in [0.1, 0.15) is 76.3 Å². The Balaban J connectivity index is 1.38. The van der Waals surface area contributed by atoms with Crippen LogP contribution >= 0.6 is 0 Å². The molecule has 3 fully saturated rings. The van der Waals surface area contributed by atoms with E-state index in [1.807, 2.05) is 7.11 Å². The second-order valence-corrected chi connectivity index (χ2v) is 11.8. The molecule has 1 aliphatic carbocycles. The highest BCUT2D eigenvalue weighted by molar-refractivity contribution is 5.64. The molecule has 1 aromatic rings. The fourth-order valence-electron chi connectivity index (χ4n) is 6.88. The van der Waals surface area contributed by atoms with Crippen LogP contribution in [0.2, 0.25) is 0 Å². The number of benzene rings is 1. The van der Waals surface area contributed by atoms with E-state index in [0.29, 0.717) is 11.3 Å². The maximum atomic E-state index is 5.94. The van der Waals surface area contributed by atoms with Crippen molar-refractivity contribution in [2.45, 2.75) is 78.2 Å². The Kier molecular flexibility index (Phi) is 8.63. The van der Waals surface area contributed by atoms with Gasteiger partial charge in [-0.25, -0.2) is 0 Å². The Morgan fingerprint density at radius 1 is 1.12 bits per heavy atom. The molecule has 1 saturated carbocycles. The van der Waals surface area contributed by atoms with Crippen molar-refractivity contribution >= 4 is 5.70 Å². The van der Waals surface area contributed by atoms with Crippen LogP contribution in [-0.2, 0) is 4.74 Å². The molecule has 4 heteroatoms. The van der Waals surface area contributed by atoms with Gasteiger partial charge in [0.25, 0.3) is 0 Å². The van der Waals surface area contributed by atoms with E-state index in [2.05, 4.69) is 55.3 Å². The third-order valence-electron chi connectivity index (χ3n) is 8.52. The van der Waals surface area contributed by atoms with Gasteiger partial charge in [0, 0.05) is 45.5 Å². The van der Waals surface area contributed by atoms with Crippen molar-refractivity contribution in [2.75, 3.05) is 46.4 Å². The largest absolute Gasteiger partial charge is 0.491 e. The van der Waals surface area contributed by atoms with Crippen molar-refractivity contribution in [2.24, 2.45) is 17.3 Å². The molecule has 1 atom stereocenters. The molecule has 1 aromatic carbocycles. The SMILES string of the molecule is C=C(c1ccc(OC(C)C)c(C)c1)N1CCC2(CC1)CC(COC)CN(CC1CCCCC1)C2. The average molecular weight is 469 g/mol. The predicted octanol–water partition coefficient (Wildman–Crippen LogP) is 6.38. The van der Waals surface area contributed by atoms with Crippen molar-refractivity contribution in [1.29, 1.82) is 0 Å². The zero-order valence-corrected chi connectivity index (χ0v) is 22.3. The minimum Gasteiger partial charge on any atom is -0.491 e. The van der Waals surface area contributed by atoms with Gasteiger partial charge >= 0.3 is 0 Å². The van der Waals surface area contributed by atoms with E-state index >= 15 is 0 Å². The van der Waals surface area contributed by atoms with Crippen LogP contribution in [0.5, 0.6) is 5.75 Å². The normalized spacial score (nSPS) is 24.0. The Hall–Kier alpha value is -1.52. The van der Waals surface area contributed by atoms with Crippen LogP contribution < -0.4 is 4.74 Å². The summed E-state index contributed by atoms with van der Waals surface area (Å²) in [5.41, 5.74) is 4.02. The van der Waals surface area contributed by atoms with Gasteiger partial charge in [0.15, 0.2) is 0 Å². The molecule has 3 aliphatic rings. The molecule has 0 bridgehead atoms. The van der Waals surface area contributed by atoms with E-state index < -0.39 is 0 Å². The van der Waals surface area contributed by atoms with Gasteiger partial charge in [-0.3, -0.25) is 0 Å². The maximum absolute atomic E-state index is 5.94. The number of likely N-dealkylation sites (tertiary alicyclic amines) is 2. The Bertz CT molecular complexity index is 806. The van der Waals surface area contributed by atoms with E-state index in [4.69, 9.17) is 9.47 Å². The highest BCUT2D eigenvalue weighted by Gasteiger charge is 2.42. The molecule has 4 rings (SSSR count). The summed E-state index contributed by atoms with van der Waals surface area (Å²) in [5, 5.41) is 0. The van der Waals surface area contributed by atoms with Gasteiger partial charge in [-0.2, -0.15) is 0 Å². The lowest BCUT2D eigenvalue weighted by Crippen LogP contribution is -2.53. The number of methoxy groups -OCH3 is 1. The zero-order valence-electron chi connectivity index (χ0n) is 22.3. The molecule has 1 spiro atoms. The molecule has 190 valence electrons. The fourth-order valence-corrected chi connectivity index (χ4v) is 6.88. The third kappa shape index (κ3) is 6.37. The van der Waals surface area contributed by atoms with E-state index in [9.17, 15) is 0 Å². The summed E-state index contributed by atoms with van der Waals surface area (Å²) in [7, 11) is 1.87. The quantitative estimate of drug-likeness (QED) is 0.442. The monoisotopic (exact) mass is 468 g/mol. The summed E-state index contributed by atoms with van der Waals surface area (Å²) in [6.45, 7) is 17.7. The molecule has 0 radical (unpaired) electrons. The number of hydrogen-bond acceptors (Lipinski definition) is 4. The molecule has 0 amide bonds. The molecule has 0 aromatic heterocycles. The number of nitrogens with zero attached hydrogens (tertiary/aromatic N) is 2. The minimum atomic E-state index is 0.196. The van der Waals surface area contributed by atoms with Gasteiger partial charge in [0.2, 0.25) is 0 Å². The minimum absolute atomic E-state index is 0.196. The number of ether oxygens (including phenoxy) is 2. The van der Waals surface area contributed by atoms with Crippen LogP contribution in [0.25, 0.3) is 5.70 Å². The van der Waals surface area contributed by atoms with Gasteiger partial charge in [0.1, 0.15) is 5.75 Å². The van der Waals surface area contributed by atoms with Crippen LogP contribution in [0.15, 0.2) is 24.8 Å². The topological polar surface area (TPSA) is 24.9 Å². The highest BCUT2D eigenvalue weighted by Crippen LogP contribution is 2.44. The number of aryl methyl sites for hydroxylation is 1. The predicted molar refractivity (Wildman–Crippen MR) is 142 cm³/mol. The molecule has 34 heavy (non-hydrogen) atoms. The summed E-state index contributed by atoms with van der Waals surface area (Å²) in [6.07, 6.45) is 11.2. The van der Waals surface area contributed by atoms with Crippen LogP contribution in [0.3, 0.4) is 0 Å².